The third-order valence-electron chi connectivity index (χ3n) is 1.84. The molecule has 0 aromatic rings. The molecule has 1 aliphatic heterocycles. The molecule has 1 fully saturated rings. The minimum absolute atomic E-state index is 0.176. The SMILES string of the molecule is NCCC1CN(C(=O)CN)C(=O)O1. The van der Waals surface area contributed by atoms with Crippen LogP contribution in [0.2, 0.25) is 0 Å². The Morgan fingerprint density at radius 2 is 2.31 bits per heavy atom. The van der Waals surface area contributed by atoms with Gasteiger partial charge in [0, 0.05) is 0 Å². The van der Waals surface area contributed by atoms with Crippen molar-refractivity contribution in [3.8, 4) is 0 Å². The highest BCUT2D eigenvalue weighted by molar-refractivity contribution is 5.94. The Morgan fingerprint density at radius 3 is 2.85 bits per heavy atom. The molecule has 2 amide bonds. The van der Waals surface area contributed by atoms with Crippen LogP contribution in [0.15, 0.2) is 0 Å². The average Bonchev–Trinajstić information content (AvgIpc) is 2.46. The summed E-state index contributed by atoms with van der Waals surface area (Å²) in [6, 6.07) is 0. The highest BCUT2D eigenvalue weighted by Gasteiger charge is 2.34. The molecule has 1 aliphatic rings. The molecule has 0 radical (unpaired) electrons. The summed E-state index contributed by atoms with van der Waals surface area (Å²) in [5.74, 6) is -0.412. The minimum Gasteiger partial charge on any atom is -0.444 e. The maximum absolute atomic E-state index is 11.0. The van der Waals surface area contributed by atoms with Gasteiger partial charge in [0.05, 0.1) is 13.1 Å². The Balaban J connectivity index is 2.51. The summed E-state index contributed by atoms with van der Waals surface area (Å²) in [7, 11) is 0. The van der Waals surface area contributed by atoms with Crippen molar-refractivity contribution < 1.29 is 14.3 Å². The van der Waals surface area contributed by atoms with Crippen molar-refractivity contribution in [2.75, 3.05) is 19.6 Å². The minimum atomic E-state index is -0.617. The molecular weight excluding hydrogens is 174 g/mol. The van der Waals surface area contributed by atoms with Crippen molar-refractivity contribution in [2.45, 2.75) is 12.5 Å². The van der Waals surface area contributed by atoms with Crippen molar-refractivity contribution in [3.05, 3.63) is 0 Å². The predicted octanol–water partition coefficient (Wildman–Crippen LogP) is -1.36. The van der Waals surface area contributed by atoms with Gasteiger partial charge in [-0.2, -0.15) is 0 Å². The van der Waals surface area contributed by atoms with E-state index in [-0.39, 0.29) is 19.2 Å². The zero-order chi connectivity index (χ0) is 9.84. The highest BCUT2D eigenvalue weighted by Crippen LogP contribution is 2.13. The van der Waals surface area contributed by atoms with Crippen LogP contribution in [0.5, 0.6) is 0 Å². The van der Waals surface area contributed by atoms with Gasteiger partial charge in [-0.05, 0) is 13.0 Å². The molecule has 0 aliphatic carbocycles. The van der Waals surface area contributed by atoms with Crippen LogP contribution in [-0.2, 0) is 9.53 Å². The summed E-state index contributed by atoms with van der Waals surface area (Å²) in [4.78, 5) is 23.1. The first-order chi connectivity index (χ1) is 6.19. The first kappa shape index (κ1) is 9.94. The van der Waals surface area contributed by atoms with E-state index in [0.717, 1.165) is 4.90 Å². The third kappa shape index (κ3) is 2.16. The van der Waals surface area contributed by atoms with Crippen LogP contribution in [0, 0.1) is 0 Å². The number of cyclic esters (lactones) is 1. The number of rotatable bonds is 3. The van der Waals surface area contributed by atoms with E-state index >= 15 is 0 Å². The van der Waals surface area contributed by atoms with Crippen LogP contribution in [0.3, 0.4) is 0 Å². The molecule has 1 saturated heterocycles. The summed E-state index contributed by atoms with van der Waals surface area (Å²) >= 11 is 0. The predicted molar refractivity (Wildman–Crippen MR) is 44.7 cm³/mol. The lowest BCUT2D eigenvalue weighted by atomic mass is 10.2. The van der Waals surface area contributed by atoms with E-state index in [1.165, 1.54) is 0 Å². The monoisotopic (exact) mass is 187 g/mol. The molecule has 0 saturated carbocycles. The molecule has 6 nitrogen and oxygen atoms in total. The molecule has 1 atom stereocenters. The second kappa shape index (κ2) is 4.20. The molecular formula is C7H13N3O3. The van der Waals surface area contributed by atoms with Gasteiger partial charge in [0.25, 0.3) is 0 Å². The van der Waals surface area contributed by atoms with Crippen molar-refractivity contribution >= 4 is 12.0 Å². The van der Waals surface area contributed by atoms with Crippen LogP contribution in [0.25, 0.3) is 0 Å². The maximum atomic E-state index is 11.0. The zero-order valence-electron chi connectivity index (χ0n) is 7.23. The molecule has 6 heteroatoms. The molecule has 0 spiro atoms. The number of hydrogen-bond acceptors (Lipinski definition) is 5. The molecule has 0 bridgehead atoms. The number of carbonyl (C=O) groups is 2. The Kier molecular flexibility index (Phi) is 3.21. The first-order valence-electron chi connectivity index (χ1n) is 4.10. The Morgan fingerprint density at radius 1 is 1.62 bits per heavy atom. The van der Waals surface area contributed by atoms with Gasteiger partial charge in [0.15, 0.2) is 0 Å². The smallest absolute Gasteiger partial charge is 0.417 e. The largest absolute Gasteiger partial charge is 0.444 e. The van der Waals surface area contributed by atoms with Crippen molar-refractivity contribution in [1.29, 1.82) is 0 Å². The second-order valence-electron chi connectivity index (χ2n) is 2.79. The van der Waals surface area contributed by atoms with E-state index in [0.29, 0.717) is 13.0 Å². The van der Waals surface area contributed by atoms with Crippen LogP contribution in [0.4, 0.5) is 4.79 Å². The third-order valence-corrected chi connectivity index (χ3v) is 1.84. The van der Waals surface area contributed by atoms with Crippen LogP contribution in [0.1, 0.15) is 6.42 Å². The fourth-order valence-electron chi connectivity index (χ4n) is 1.17. The molecule has 74 valence electrons. The van der Waals surface area contributed by atoms with Gasteiger partial charge in [-0.3, -0.25) is 4.79 Å². The standard InChI is InChI=1S/C7H13N3O3/c8-2-1-5-4-10(6(11)3-9)7(12)13-5/h5H,1-4,8-9H2. The van der Waals surface area contributed by atoms with Crippen LogP contribution in [-0.4, -0.2) is 42.6 Å². The van der Waals surface area contributed by atoms with Gasteiger partial charge in [-0.15, -0.1) is 0 Å². The number of ether oxygens (including phenoxy) is 1. The molecule has 1 unspecified atom stereocenters. The fourth-order valence-corrected chi connectivity index (χ4v) is 1.17. The average molecular weight is 187 g/mol. The maximum Gasteiger partial charge on any atom is 0.417 e. The zero-order valence-corrected chi connectivity index (χ0v) is 7.23. The number of hydrogen-bond donors (Lipinski definition) is 2. The van der Waals surface area contributed by atoms with Crippen molar-refractivity contribution in [3.63, 3.8) is 0 Å². The van der Waals surface area contributed by atoms with E-state index < -0.39 is 12.0 Å². The number of amides is 2. The molecule has 0 aromatic heterocycles. The molecule has 0 aromatic carbocycles. The van der Waals surface area contributed by atoms with E-state index in [1.807, 2.05) is 0 Å². The van der Waals surface area contributed by atoms with Gasteiger partial charge < -0.3 is 16.2 Å². The number of imide groups is 1. The van der Waals surface area contributed by atoms with Gasteiger partial charge in [0.1, 0.15) is 6.10 Å². The lowest BCUT2D eigenvalue weighted by Gasteiger charge is -2.08. The van der Waals surface area contributed by atoms with Crippen LogP contribution < -0.4 is 11.5 Å². The van der Waals surface area contributed by atoms with E-state index in [4.69, 9.17) is 16.2 Å². The Hall–Kier alpha value is -1.14. The topological polar surface area (TPSA) is 98.6 Å². The number of nitrogens with two attached hydrogens (primary N) is 2. The van der Waals surface area contributed by atoms with Crippen molar-refractivity contribution in [2.24, 2.45) is 11.5 Å². The second-order valence-corrected chi connectivity index (χ2v) is 2.79. The van der Waals surface area contributed by atoms with Gasteiger partial charge in [0.2, 0.25) is 5.91 Å². The summed E-state index contributed by atoms with van der Waals surface area (Å²) in [5.41, 5.74) is 10.4. The summed E-state index contributed by atoms with van der Waals surface area (Å²) in [6.07, 6.45) is -0.318. The number of carbonyl (C=O) groups excluding carboxylic acids is 2. The quantitative estimate of drug-likeness (QED) is 0.568. The number of nitrogens with zero attached hydrogens (tertiary/aromatic N) is 1. The summed E-state index contributed by atoms with van der Waals surface area (Å²) in [5, 5.41) is 0. The van der Waals surface area contributed by atoms with Gasteiger partial charge >= 0.3 is 6.09 Å². The normalized spacial score (nSPS) is 21.8. The van der Waals surface area contributed by atoms with E-state index in [1.54, 1.807) is 0 Å². The molecule has 1 heterocycles. The molecule has 1 rings (SSSR count). The lowest BCUT2D eigenvalue weighted by molar-refractivity contribution is -0.126. The Labute approximate surface area is 75.8 Å². The highest BCUT2D eigenvalue weighted by atomic mass is 16.6. The summed E-state index contributed by atoms with van der Waals surface area (Å²) < 4.78 is 4.87. The van der Waals surface area contributed by atoms with E-state index in [9.17, 15) is 9.59 Å². The summed E-state index contributed by atoms with van der Waals surface area (Å²) in [6.45, 7) is 0.527. The van der Waals surface area contributed by atoms with Gasteiger partial charge in [-0.25, -0.2) is 9.69 Å². The fraction of sp³-hybridized carbons (Fsp3) is 0.714. The van der Waals surface area contributed by atoms with E-state index in [2.05, 4.69) is 0 Å². The molecule has 13 heavy (non-hydrogen) atoms. The van der Waals surface area contributed by atoms with Gasteiger partial charge in [-0.1, -0.05) is 0 Å². The lowest BCUT2D eigenvalue weighted by Crippen LogP contribution is -2.37. The van der Waals surface area contributed by atoms with Crippen molar-refractivity contribution in [1.82, 2.24) is 4.90 Å². The Bertz CT molecular complexity index is 219. The first-order valence-corrected chi connectivity index (χ1v) is 4.10. The van der Waals surface area contributed by atoms with Crippen LogP contribution >= 0.6 is 0 Å². The molecule has 4 N–H and O–H groups in total.